The van der Waals surface area contributed by atoms with Gasteiger partial charge in [-0.25, -0.2) is 0 Å². The average Bonchev–Trinajstić information content (AvgIpc) is 1.78. The normalized spacial score (nSPS) is 18.0. The van der Waals surface area contributed by atoms with E-state index in [0.29, 0.717) is 11.5 Å². The van der Waals surface area contributed by atoms with Crippen molar-refractivity contribution in [1.82, 2.24) is 5.32 Å². The fraction of sp³-hybridized carbons (Fsp3) is 1.00. The van der Waals surface area contributed by atoms with Gasteiger partial charge in [0.2, 0.25) is 0 Å². The smallest absolute Gasteiger partial charge is 0.0193 e. The third-order valence-corrected chi connectivity index (χ3v) is 2.38. The first-order valence-corrected chi connectivity index (χ1v) is 5.57. The van der Waals surface area contributed by atoms with Gasteiger partial charge >= 0.3 is 0 Å². The van der Waals surface area contributed by atoms with Gasteiger partial charge in [-0.2, -0.15) is 0 Å². The summed E-state index contributed by atoms with van der Waals surface area (Å²) in [6.45, 7) is 15.5. The van der Waals surface area contributed by atoms with Crippen LogP contribution >= 0.6 is 0 Å². The van der Waals surface area contributed by atoms with Gasteiger partial charge in [0, 0.05) is 17.6 Å². The monoisotopic (exact) mass is 200 g/mol. The van der Waals surface area contributed by atoms with Crippen molar-refractivity contribution in [2.75, 3.05) is 0 Å². The molecule has 0 saturated carbocycles. The lowest BCUT2D eigenvalue weighted by atomic mass is 9.81. The van der Waals surface area contributed by atoms with E-state index < -0.39 is 0 Å². The Morgan fingerprint density at radius 3 is 1.79 bits per heavy atom. The van der Waals surface area contributed by atoms with Crippen LogP contribution in [-0.4, -0.2) is 17.6 Å². The number of nitrogens with two attached hydrogens (primary N) is 1. The summed E-state index contributed by atoms with van der Waals surface area (Å²) in [5.74, 6) is 0. The highest BCUT2D eigenvalue weighted by Gasteiger charge is 2.27. The van der Waals surface area contributed by atoms with Gasteiger partial charge in [0.15, 0.2) is 0 Å². The van der Waals surface area contributed by atoms with E-state index in [-0.39, 0.29) is 11.6 Å². The quantitative estimate of drug-likeness (QED) is 0.732. The lowest BCUT2D eigenvalue weighted by Crippen LogP contribution is -2.52. The van der Waals surface area contributed by atoms with Gasteiger partial charge in [-0.05, 0) is 39.5 Å². The lowest BCUT2D eigenvalue weighted by Gasteiger charge is -2.37. The molecule has 0 aliphatic heterocycles. The van der Waals surface area contributed by atoms with E-state index in [9.17, 15) is 0 Å². The summed E-state index contributed by atoms with van der Waals surface area (Å²) >= 11 is 0. The molecular weight excluding hydrogens is 172 g/mol. The van der Waals surface area contributed by atoms with Crippen LogP contribution < -0.4 is 11.1 Å². The number of hydrogen-bond donors (Lipinski definition) is 2. The van der Waals surface area contributed by atoms with Crippen molar-refractivity contribution in [2.45, 2.75) is 72.5 Å². The molecule has 0 fully saturated rings. The highest BCUT2D eigenvalue weighted by Crippen LogP contribution is 2.27. The molecule has 0 aliphatic rings. The fourth-order valence-corrected chi connectivity index (χ4v) is 2.12. The molecule has 2 nitrogen and oxygen atoms in total. The van der Waals surface area contributed by atoms with E-state index in [1.807, 2.05) is 6.92 Å². The minimum atomic E-state index is 0.158. The molecule has 0 aromatic heterocycles. The summed E-state index contributed by atoms with van der Waals surface area (Å²) in [5.41, 5.74) is 6.36. The van der Waals surface area contributed by atoms with Crippen LogP contribution in [0.25, 0.3) is 0 Å². The SMILES string of the molecule is CC(N)C(C)NC(C)(C)CC(C)(C)C. The molecule has 0 radical (unpaired) electrons. The maximum atomic E-state index is 5.84. The average molecular weight is 200 g/mol. The summed E-state index contributed by atoms with van der Waals surface area (Å²) in [4.78, 5) is 0. The maximum Gasteiger partial charge on any atom is 0.0193 e. The fourth-order valence-electron chi connectivity index (χ4n) is 2.12. The molecule has 0 rings (SSSR count). The van der Waals surface area contributed by atoms with E-state index >= 15 is 0 Å². The largest absolute Gasteiger partial charge is 0.327 e. The Hall–Kier alpha value is -0.0800. The molecule has 0 heterocycles. The predicted molar refractivity (Wildman–Crippen MR) is 64.4 cm³/mol. The van der Waals surface area contributed by atoms with Crippen molar-refractivity contribution in [2.24, 2.45) is 11.1 Å². The van der Waals surface area contributed by atoms with Crippen LogP contribution in [0.2, 0.25) is 0 Å². The molecular formula is C12H28N2. The highest BCUT2D eigenvalue weighted by molar-refractivity contribution is 4.87. The molecule has 0 spiro atoms. The van der Waals surface area contributed by atoms with Crippen molar-refractivity contribution in [1.29, 1.82) is 0 Å². The van der Waals surface area contributed by atoms with Gasteiger partial charge in [0.05, 0.1) is 0 Å². The second-order valence-corrected chi connectivity index (χ2v) is 6.41. The highest BCUT2D eigenvalue weighted by atomic mass is 15.0. The predicted octanol–water partition coefficient (Wildman–Crippen LogP) is 2.53. The molecule has 3 N–H and O–H groups in total. The van der Waals surface area contributed by atoms with Crippen LogP contribution in [0.1, 0.15) is 54.9 Å². The molecule has 0 aromatic carbocycles. The summed E-state index contributed by atoms with van der Waals surface area (Å²) in [6, 6.07) is 0.571. The summed E-state index contributed by atoms with van der Waals surface area (Å²) in [6.07, 6.45) is 1.15. The second kappa shape index (κ2) is 4.63. The van der Waals surface area contributed by atoms with Crippen molar-refractivity contribution >= 4 is 0 Å². The molecule has 86 valence electrons. The Morgan fingerprint density at radius 1 is 1.07 bits per heavy atom. The van der Waals surface area contributed by atoms with E-state index in [0.717, 1.165) is 6.42 Å². The number of rotatable bonds is 4. The van der Waals surface area contributed by atoms with E-state index in [2.05, 4.69) is 46.9 Å². The first-order valence-electron chi connectivity index (χ1n) is 5.57. The standard InChI is InChI=1S/C12H28N2/c1-9(13)10(2)14-12(6,7)8-11(3,4)5/h9-10,14H,8,13H2,1-7H3. The maximum absolute atomic E-state index is 5.84. The van der Waals surface area contributed by atoms with Gasteiger partial charge in [-0.3, -0.25) is 0 Å². The molecule has 0 saturated heterocycles. The zero-order valence-electron chi connectivity index (χ0n) is 10.9. The van der Waals surface area contributed by atoms with Crippen LogP contribution in [-0.2, 0) is 0 Å². The minimum absolute atomic E-state index is 0.158. The zero-order valence-corrected chi connectivity index (χ0v) is 10.9. The van der Waals surface area contributed by atoms with Crippen molar-refractivity contribution < 1.29 is 0 Å². The lowest BCUT2D eigenvalue weighted by molar-refractivity contribution is 0.219. The van der Waals surface area contributed by atoms with Crippen LogP contribution in [0.3, 0.4) is 0 Å². The molecule has 0 bridgehead atoms. The minimum Gasteiger partial charge on any atom is -0.327 e. The molecule has 0 amide bonds. The first kappa shape index (κ1) is 13.9. The number of nitrogens with one attached hydrogen (secondary N) is 1. The van der Waals surface area contributed by atoms with Gasteiger partial charge in [0.25, 0.3) is 0 Å². The van der Waals surface area contributed by atoms with Crippen molar-refractivity contribution in [3.63, 3.8) is 0 Å². The topological polar surface area (TPSA) is 38.0 Å². The van der Waals surface area contributed by atoms with E-state index in [4.69, 9.17) is 5.73 Å². The van der Waals surface area contributed by atoms with Crippen LogP contribution in [0.15, 0.2) is 0 Å². The molecule has 2 unspecified atom stereocenters. The molecule has 0 aromatic rings. The Kier molecular flexibility index (Phi) is 4.60. The van der Waals surface area contributed by atoms with Gasteiger partial charge in [-0.1, -0.05) is 20.8 Å². The molecule has 2 heteroatoms. The Morgan fingerprint density at radius 2 is 1.50 bits per heavy atom. The van der Waals surface area contributed by atoms with Crippen molar-refractivity contribution in [3.05, 3.63) is 0 Å². The van der Waals surface area contributed by atoms with Gasteiger partial charge < -0.3 is 11.1 Å². The Balaban J connectivity index is 4.20. The number of hydrogen-bond acceptors (Lipinski definition) is 2. The van der Waals surface area contributed by atoms with E-state index in [1.54, 1.807) is 0 Å². The molecule has 0 aliphatic carbocycles. The van der Waals surface area contributed by atoms with Crippen LogP contribution in [0.4, 0.5) is 0 Å². The van der Waals surface area contributed by atoms with Crippen LogP contribution in [0, 0.1) is 5.41 Å². The molecule has 2 atom stereocenters. The third-order valence-electron chi connectivity index (χ3n) is 2.38. The summed E-state index contributed by atoms with van der Waals surface area (Å²) < 4.78 is 0. The first-order chi connectivity index (χ1) is 6.03. The second-order valence-electron chi connectivity index (χ2n) is 6.41. The van der Waals surface area contributed by atoms with Gasteiger partial charge in [-0.15, -0.1) is 0 Å². The Labute approximate surface area is 89.6 Å². The van der Waals surface area contributed by atoms with E-state index in [1.165, 1.54) is 0 Å². The Bertz CT molecular complexity index is 166. The zero-order chi connectivity index (χ0) is 11.6. The summed E-state index contributed by atoms with van der Waals surface area (Å²) in [7, 11) is 0. The third kappa shape index (κ3) is 6.39. The van der Waals surface area contributed by atoms with Crippen molar-refractivity contribution in [3.8, 4) is 0 Å². The van der Waals surface area contributed by atoms with Gasteiger partial charge in [0.1, 0.15) is 0 Å². The summed E-state index contributed by atoms with van der Waals surface area (Å²) in [5, 5.41) is 3.59. The van der Waals surface area contributed by atoms with Crippen LogP contribution in [0.5, 0.6) is 0 Å². The molecule has 14 heavy (non-hydrogen) atoms.